The lowest BCUT2D eigenvalue weighted by atomic mass is 9.89. The van der Waals surface area contributed by atoms with E-state index in [1.165, 1.54) is 4.90 Å². The summed E-state index contributed by atoms with van der Waals surface area (Å²) in [6, 6.07) is 0.655. The van der Waals surface area contributed by atoms with E-state index in [1.54, 1.807) is 20.8 Å². The molecular weight excluding hydrogens is 357 g/mol. The lowest BCUT2D eigenvalue weighted by molar-refractivity contribution is -0.138. The smallest absolute Gasteiger partial charge is 0.416 e. The molecule has 146 valence electrons. The summed E-state index contributed by atoms with van der Waals surface area (Å²) in [6.45, 7) is 6.03. The van der Waals surface area contributed by atoms with Crippen LogP contribution in [0.4, 0.5) is 26.7 Å². The summed E-state index contributed by atoms with van der Waals surface area (Å²) < 4.78 is 71.0. The highest BCUT2D eigenvalue weighted by atomic mass is 19.4. The van der Waals surface area contributed by atoms with Crippen LogP contribution in [-0.4, -0.2) is 29.7 Å². The van der Waals surface area contributed by atoms with Crippen LogP contribution in [0, 0.1) is 17.6 Å². The molecule has 1 amide bonds. The number of nitrogens with zero attached hydrogens (tertiary/aromatic N) is 1. The molecule has 0 saturated carbocycles. The van der Waals surface area contributed by atoms with Gasteiger partial charge in [0.15, 0.2) is 0 Å². The van der Waals surface area contributed by atoms with Crippen LogP contribution in [0.15, 0.2) is 12.1 Å². The minimum absolute atomic E-state index is 0.00202. The first-order valence-electron chi connectivity index (χ1n) is 8.40. The molecule has 0 spiro atoms. The topological polar surface area (TPSA) is 29.5 Å². The van der Waals surface area contributed by atoms with Gasteiger partial charge in [-0.15, -0.1) is 0 Å². The lowest BCUT2D eigenvalue weighted by Crippen LogP contribution is -2.42. The molecule has 1 aromatic rings. The molecule has 1 fully saturated rings. The van der Waals surface area contributed by atoms with E-state index in [0.717, 1.165) is 0 Å². The molecule has 3 nitrogen and oxygen atoms in total. The first-order chi connectivity index (χ1) is 11.9. The first kappa shape index (κ1) is 20.5. The third-order valence-electron chi connectivity index (χ3n) is 4.23. The Morgan fingerprint density at radius 1 is 1.12 bits per heavy atom. The Hall–Kier alpha value is -1.86. The Kier molecular flexibility index (Phi) is 5.82. The second kappa shape index (κ2) is 7.40. The predicted octanol–water partition coefficient (Wildman–Crippen LogP) is 5.17. The second-order valence-corrected chi connectivity index (χ2v) is 7.53. The number of halogens is 5. The number of hydrogen-bond acceptors (Lipinski definition) is 2. The average Bonchev–Trinajstić information content (AvgIpc) is 2.48. The van der Waals surface area contributed by atoms with Crippen molar-refractivity contribution in [2.24, 2.45) is 5.92 Å². The number of amides is 1. The van der Waals surface area contributed by atoms with Gasteiger partial charge >= 0.3 is 12.3 Å². The molecule has 1 aliphatic heterocycles. The van der Waals surface area contributed by atoms with Crippen LogP contribution < -0.4 is 0 Å². The van der Waals surface area contributed by atoms with Crippen LogP contribution in [0.5, 0.6) is 0 Å². The normalized spacial score (nSPS) is 16.7. The average molecular weight is 379 g/mol. The van der Waals surface area contributed by atoms with Crippen LogP contribution in [0.1, 0.15) is 44.7 Å². The Morgan fingerprint density at radius 2 is 1.62 bits per heavy atom. The third kappa shape index (κ3) is 5.32. The Balaban J connectivity index is 1.99. The fourth-order valence-electron chi connectivity index (χ4n) is 2.90. The molecule has 0 aromatic heterocycles. The molecule has 1 saturated heterocycles. The molecule has 8 heteroatoms. The Morgan fingerprint density at radius 3 is 2.04 bits per heavy atom. The van der Waals surface area contributed by atoms with Gasteiger partial charge in [0.05, 0.1) is 5.56 Å². The summed E-state index contributed by atoms with van der Waals surface area (Å²) in [7, 11) is 0. The zero-order chi connectivity index (χ0) is 19.7. The molecule has 0 atom stereocenters. The number of benzene rings is 1. The van der Waals surface area contributed by atoms with Gasteiger partial charge in [-0.1, -0.05) is 0 Å². The number of carbonyl (C=O) groups is 1. The van der Waals surface area contributed by atoms with E-state index in [0.29, 0.717) is 38.1 Å². The highest BCUT2D eigenvalue weighted by molar-refractivity contribution is 5.68. The lowest BCUT2D eigenvalue weighted by Gasteiger charge is -2.33. The highest BCUT2D eigenvalue weighted by Crippen LogP contribution is 2.33. The molecule has 2 rings (SSSR count). The molecular formula is C18H22F5NO2. The number of carbonyl (C=O) groups excluding carboxylic acids is 1. The number of rotatable bonds is 2. The quantitative estimate of drug-likeness (QED) is 0.663. The maximum atomic E-state index is 14.0. The maximum Gasteiger partial charge on any atom is 0.416 e. The van der Waals surface area contributed by atoms with E-state index in [9.17, 15) is 26.7 Å². The summed E-state index contributed by atoms with van der Waals surface area (Å²) >= 11 is 0. The van der Waals surface area contributed by atoms with E-state index in [4.69, 9.17) is 4.74 Å². The van der Waals surface area contributed by atoms with Gasteiger partial charge in [-0.3, -0.25) is 0 Å². The van der Waals surface area contributed by atoms with Gasteiger partial charge in [0.2, 0.25) is 0 Å². The first-order valence-corrected chi connectivity index (χ1v) is 8.40. The molecule has 1 heterocycles. The summed E-state index contributed by atoms with van der Waals surface area (Å²) in [5.41, 5.74) is -2.29. The summed E-state index contributed by atoms with van der Waals surface area (Å²) in [6.07, 6.45) is -4.24. The van der Waals surface area contributed by atoms with Gasteiger partial charge < -0.3 is 9.64 Å². The van der Waals surface area contributed by atoms with E-state index in [-0.39, 0.29) is 17.9 Å². The Labute approximate surface area is 149 Å². The monoisotopic (exact) mass is 379 g/mol. The fraction of sp³-hybridized carbons (Fsp3) is 0.611. The van der Waals surface area contributed by atoms with Gasteiger partial charge in [-0.25, -0.2) is 13.6 Å². The van der Waals surface area contributed by atoms with Crippen LogP contribution in [0.3, 0.4) is 0 Å². The fourth-order valence-corrected chi connectivity index (χ4v) is 2.90. The largest absolute Gasteiger partial charge is 0.444 e. The predicted molar refractivity (Wildman–Crippen MR) is 85.6 cm³/mol. The second-order valence-electron chi connectivity index (χ2n) is 7.53. The van der Waals surface area contributed by atoms with Crippen LogP contribution in [0.2, 0.25) is 0 Å². The van der Waals surface area contributed by atoms with Crippen LogP contribution >= 0.6 is 0 Å². The van der Waals surface area contributed by atoms with Crippen molar-refractivity contribution >= 4 is 6.09 Å². The molecule has 0 radical (unpaired) electrons. The highest BCUT2D eigenvalue weighted by Gasteiger charge is 2.33. The maximum absolute atomic E-state index is 14.0. The SMILES string of the molecule is CC(C)(C)OC(=O)N1CCC(Cc2c(F)cc(C(F)(F)F)cc2F)CC1. The van der Waals surface area contributed by atoms with Crippen molar-refractivity contribution in [2.75, 3.05) is 13.1 Å². The van der Waals surface area contributed by atoms with Crippen molar-refractivity contribution in [3.05, 3.63) is 34.9 Å². The summed E-state index contributed by atoms with van der Waals surface area (Å²) in [5.74, 6) is -2.49. The number of piperidine rings is 1. The minimum atomic E-state index is -4.79. The molecule has 26 heavy (non-hydrogen) atoms. The van der Waals surface area contributed by atoms with Gasteiger partial charge in [-0.05, 0) is 58.1 Å². The minimum Gasteiger partial charge on any atom is -0.444 e. The molecule has 1 aliphatic rings. The number of ether oxygens (including phenoxy) is 1. The van der Waals surface area contributed by atoms with E-state index >= 15 is 0 Å². The van der Waals surface area contributed by atoms with Gasteiger partial charge in [-0.2, -0.15) is 13.2 Å². The third-order valence-corrected chi connectivity index (χ3v) is 4.23. The van der Waals surface area contributed by atoms with Crippen LogP contribution in [0.25, 0.3) is 0 Å². The van der Waals surface area contributed by atoms with Crippen LogP contribution in [-0.2, 0) is 17.3 Å². The molecule has 1 aromatic carbocycles. The van der Waals surface area contributed by atoms with Crippen molar-refractivity contribution in [2.45, 2.75) is 51.8 Å². The Bertz CT molecular complexity index is 636. The van der Waals surface area contributed by atoms with Gasteiger partial charge in [0.1, 0.15) is 17.2 Å². The number of hydrogen-bond donors (Lipinski definition) is 0. The van der Waals surface area contributed by atoms with Gasteiger partial charge in [0.25, 0.3) is 0 Å². The molecule has 0 bridgehead atoms. The van der Waals surface area contributed by atoms with Gasteiger partial charge in [0, 0.05) is 18.7 Å². The van der Waals surface area contributed by atoms with E-state index in [2.05, 4.69) is 0 Å². The zero-order valence-electron chi connectivity index (χ0n) is 14.9. The summed E-state index contributed by atoms with van der Waals surface area (Å²) in [4.78, 5) is 13.5. The van der Waals surface area contributed by atoms with Crippen molar-refractivity contribution in [3.8, 4) is 0 Å². The number of alkyl halides is 3. The standard InChI is InChI=1S/C18H22F5NO2/c1-17(2,3)26-16(25)24-6-4-11(5-7-24)8-13-14(19)9-12(10-15(13)20)18(21,22)23/h9-11H,4-8H2,1-3H3. The molecule has 0 N–H and O–H groups in total. The van der Waals surface area contributed by atoms with E-state index in [1.807, 2.05) is 0 Å². The molecule has 0 aliphatic carbocycles. The zero-order valence-corrected chi connectivity index (χ0v) is 14.9. The van der Waals surface area contributed by atoms with Crippen molar-refractivity contribution < 1.29 is 31.5 Å². The van der Waals surface area contributed by atoms with Crippen molar-refractivity contribution in [1.82, 2.24) is 4.90 Å². The molecule has 0 unspecified atom stereocenters. The van der Waals surface area contributed by atoms with Crippen molar-refractivity contribution in [1.29, 1.82) is 0 Å². The summed E-state index contributed by atoms with van der Waals surface area (Å²) in [5, 5.41) is 0. The number of likely N-dealkylation sites (tertiary alicyclic amines) is 1. The van der Waals surface area contributed by atoms with E-state index < -0.39 is 35.1 Å². The van der Waals surface area contributed by atoms with Crippen molar-refractivity contribution in [3.63, 3.8) is 0 Å².